The molecule has 1 aromatic heterocycles. The average molecular weight is 228 g/mol. The molecule has 0 saturated heterocycles. The highest BCUT2D eigenvalue weighted by Crippen LogP contribution is 2.22. The summed E-state index contributed by atoms with van der Waals surface area (Å²) < 4.78 is 0. The highest BCUT2D eigenvalue weighted by Gasteiger charge is 2.25. The van der Waals surface area contributed by atoms with Gasteiger partial charge in [-0.15, -0.1) is 24.0 Å². The summed E-state index contributed by atoms with van der Waals surface area (Å²) >= 11 is 5.98. The maximum absolute atomic E-state index is 4.37. The van der Waals surface area contributed by atoms with Crippen LogP contribution in [0, 0.1) is 13.8 Å². The van der Waals surface area contributed by atoms with Gasteiger partial charge in [-0.3, -0.25) is 5.43 Å². The molecule has 6 heteroatoms. The lowest BCUT2D eigenvalue weighted by molar-refractivity contribution is 0.468. The van der Waals surface area contributed by atoms with Crippen molar-refractivity contribution >= 4 is 29.8 Å². The fraction of sp³-hybridized carbons (Fsp3) is 0.500. The monoisotopic (exact) mass is 228 g/mol. The molecule has 1 aliphatic heterocycles. The number of hydrogen-bond acceptors (Lipinski definition) is 6. The van der Waals surface area contributed by atoms with Crippen molar-refractivity contribution in [3.63, 3.8) is 0 Å². The zero-order valence-corrected chi connectivity index (χ0v) is 9.99. The summed E-state index contributed by atoms with van der Waals surface area (Å²) in [6.07, 6.45) is 0. The molecule has 0 radical (unpaired) electrons. The predicted octanol–water partition coefficient (Wildman–Crippen LogP) is 1.17. The first kappa shape index (κ1) is 9.79. The summed E-state index contributed by atoms with van der Waals surface area (Å²) in [7, 11) is 1.96. The number of thiol groups is 1. The standard InChI is InChI=1S/C8H12N4S2/c1-4-6(14-5(2)9-4)7-10-11-8(13)12(7)3/h8,11,13H,1-3H3. The molecule has 1 N–H and O–H groups in total. The topological polar surface area (TPSA) is 40.5 Å². The van der Waals surface area contributed by atoms with E-state index >= 15 is 0 Å². The Bertz CT molecular complexity index is 385. The maximum atomic E-state index is 4.37. The SMILES string of the molecule is Cc1nc(C)c(C2=NNC(S)N2C)s1. The average Bonchev–Trinajstić information content (AvgIpc) is 2.59. The van der Waals surface area contributed by atoms with Gasteiger partial charge in [0.05, 0.1) is 15.6 Å². The van der Waals surface area contributed by atoms with Crippen molar-refractivity contribution in [2.75, 3.05) is 7.05 Å². The van der Waals surface area contributed by atoms with E-state index in [1.165, 1.54) is 0 Å². The molecule has 0 spiro atoms. The van der Waals surface area contributed by atoms with Gasteiger partial charge in [0.25, 0.3) is 0 Å². The van der Waals surface area contributed by atoms with Crippen molar-refractivity contribution in [3.8, 4) is 0 Å². The lowest BCUT2D eigenvalue weighted by atomic mass is 10.3. The number of nitrogens with zero attached hydrogens (tertiary/aromatic N) is 3. The quantitative estimate of drug-likeness (QED) is 0.709. The summed E-state index contributed by atoms with van der Waals surface area (Å²) in [5, 5.41) is 5.29. The van der Waals surface area contributed by atoms with Gasteiger partial charge in [0.1, 0.15) is 0 Å². The van der Waals surface area contributed by atoms with Crippen LogP contribution in [-0.4, -0.2) is 28.3 Å². The van der Waals surface area contributed by atoms with E-state index in [0.717, 1.165) is 21.4 Å². The van der Waals surface area contributed by atoms with Crippen LogP contribution in [0.3, 0.4) is 0 Å². The lowest BCUT2D eigenvalue weighted by Gasteiger charge is -2.16. The van der Waals surface area contributed by atoms with Crippen molar-refractivity contribution < 1.29 is 0 Å². The minimum Gasteiger partial charge on any atom is -0.327 e. The van der Waals surface area contributed by atoms with E-state index in [9.17, 15) is 0 Å². The van der Waals surface area contributed by atoms with Crippen LogP contribution in [0.25, 0.3) is 0 Å². The van der Waals surface area contributed by atoms with Gasteiger partial charge >= 0.3 is 0 Å². The zero-order valence-electron chi connectivity index (χ0n) is 8.27. The van der Waals surface area contributed by atoms with Crippen molar-refractivity contribution in [1.29, 1.82) is 0 Å². The zero-order chi connectivity index (χ0) is 10.3. The van der Waals surface area contributed by atoms with Crippen molar-refractivity contribution in [2.45, 2.75) is 19.3 Å². The molecule has 2 heterocycles. The second kappa shape index (κ2) is 3.43. The number of amidine groups is 1. The first-order valence-electron chi connectivity index (χ1n) is 4.28. The third-order valence-electron chi connectivity index (χ3n) is 2.09. The molecule has 0 aromatic carbocycles. The van der Waals surface area contributed by atoms with E-state index < -0.39 is 0 Å². The normalized spacial score (nSPS) is 21.0. The molecule has 1 unspecified atom stereocenters. The van der Waals surface area contributed by atoms with Gasteiger partial charge in [-0.2, -0.15) is 5.10 Å². The van der Waals surface area contributed by atoms with Gasteiger partial charge in [-0.25, -0.2) is 4.98 Å². The van der Waals surface area contributed by atoms with Crippen molar-refractivity contribution in [3.05, 3.63) is 15.6 Å². The van der Waals surface area contributed by atoms with E-state index in [0.29, 0.717) is 0 Å². The molecule has 14 heavy (non-hydrogen) atoms. The number of hydrogen-bond donors (Lipinski definition) is 2. The van der Waals surface area contributed by atoms with Gasteiger partial charge in [0, 0.05) is 7.05 Å². The summed E-state index contributed by atoms with van der Waals surface area (Å²) in [4.78, 5) is 7.48. The Balaban J connectivity index is 2.37. The van der Waals surface area contributed by atoms with Crippen LogP contribution in [0.5, 0.6) is 0 Å². The Morgan fingerprint density at radius 3 is 2.64 bits per heavy atom. The number of hydrazone groups is 1. The minimum absolute atomic E-state index is 0.0354. The summed E-state index contributed by atoms with van der Waals surface area (Å²) in [6, 6.07) is 0. The van der Waals surface area contributed by atoms with Crippen molar-refractivity contribution in [2.24, 2.45) is 5.10 Å². The minimum atomic E-state index is -0.0354. The Morgan fingerprint density at radius 2 is 2.21 bits per heavy atom. The molecule has 1 aliphatic rings. The number of thiazole rings is 1. The molecule has 2 rings (SSSR count). The molecule has 0 bridgehead atoms. The number of rotatable bonds is 1. The van der Waals surface area contributed by atoms with Crippen LogP contribution in [0.1, 0.15) is 15.6 Å². The molecule has 0 aliphatic carbocycles. The number of nitrogens with one attached hydrogen (secondary N) is 1. The van der Waals surface area contributed by atoms with Crippen LogP contribution in [-0.2, 0) is 0 Å². The predicted molar refractivity (Wildman–Crippen MR) is 61.8 cm³/mol. The third-order valence-corrected chi connectivity index (χ3v) is 3.62. The largest absolute Gasteiger partial charge is 0.327 e. The van der Waals surface area contributed by atoms with E-state index in [1.807, 2.05) is 25.8 Å². The third kappa shape index (κ3) is 1.48. The Morgan fingerprint density at radius 1 is 1.50 bits per heavy atom. The molecule has 4 nitrogen and oxygen atoms in total. The van der Waals surface area contributed by atoms with Gasteiger partial charge in [-0.1, -0.05) is 0 Å². The Hall–Kier alpha value is -0.750. The first-order chi connectivity index (χ1) is 6.59. The molecule has 76 valence electrons. The number of aryl methyl sites for hydroxylation is 2. The van der Waals surface area contributed by atoms with Crippen LogP contribution >= 0.6 is 24.0 Å². The van der Waals surface area contributed by atoms with Crippen LogP contribution in [0.15, 0.2) is 5.10 Å². The van der Waals surface area contributed by atoms with Crippen molar-refractivity contribution in [1.82, 2.24) is 15.3 Å². The van der Waals surface area contributed by atoms with Gasteiger partial charge < -0.3 is 4.90 Å². The lowest BCUT2D eigenvalue weighted by Crippen LogP contribution is -2.32. The van der Waals surface area contributed by atoms with Crippen LogP contribution in [0.4, 0.5) is 0 Å². The van der Waals surface area contributed by atoms with E-state index in [1.54, 1.807) is 11.3 Å². The fourth-order valence-corrected chi connectivity index (χ4v) is 2.47. The van der Waals surface area contributed by atoms with Gasteiger partial charge in [-0.05, 0) is 13.8 Å². The second-order valence-corrected chi connectivity index (χ2v) is 4.89. The number of aromatic nitrogens is 1. The molecule has 0 fully saturated rings. The molecular formula is C8H12N4S2. The maximum Gasteiger partial charge on any atom is 0.169 e. The van der Waals surface area contributed by atoms with Crippen LogP contribution in [0.2, 0.25) is 0 Å². The summed E-state index contributed by atoms with van der Waals surface area (Å²) in [5.41, 5.74) is 3.91. The molecule has 0 saturated carbocycles. The molecule has 0 amide bonds. The Kier molecular flexibility index (Phi) is 2.40. The van der Waals surface area contributed by atoms with Crippen LogP contribution < -0.4 is 5.43 Å². The molecular weight excluding hydrogens is 216 g/mol. The summed E-state index contributed by atoms with van der Waals surface area (Å²) in [5.74, 6) is 0.924. The highest BCUT2D eigenvalue weighted by atomic mass is 32.1. The van der Waals surface area contributed by atoms with E-state index in [-0.39, 0.29) is 5.50 Å². The highest BCUT2D eigenvalue weighted by molar-refractivity contribution is 7.80. The summed E-state index contributed by atoms with van der Waals surface area (Å²) in [6.45, 7) is 4.00. The fourth-order valence-electron chi connectivity index (χ4n) is 1.35. The Labute approximate surface area is 92.4 Å². The molecule has 1 atom stereocenters. The van der Waals surface area contributed by atoms with Gasteiger partial charge in [0.2, 0.25) is 0 Å². The van der Waals surface area contributed by atoms with E-state index in [2.05, 4.69) is 28.1 Å². The van der Waals surface area contributed by atoms with E-state index in [4.69, 9.17) is 0 Å². The smallest absolute Gasteiger partial charge is 0.169 e. The second-order valence-electron chi connectivity index (χ2n) is 3.20. The van der Waals surface area contributed by atoms with Gasteiger partial charge in [0.15, 0.2) is 11.3 Å². The molecule has 1 aromatic rings. The first-order valence-corrected chi connectivity index (χ1v) is 5.61.